The number of carboxylic acid groups (broad SMARTS) is 1. The molecular weight excluding hydrogens is 322 g/mol. The first-order valence-electron chi connectivity index (χ1n) is 6.03. The van der Waals surface area contributed by atoms with Crippen LogP contribution in [-0.4, -0.2) is 37.0 Å². The molecule has 0 radical (unpaired) electrons. The minimum atomic E-state index is -3.80. The Hall–Kier alpha value is -0.760. The Balaban J connectivity index is 2.28. The van der Waals surface area contributed by atoms with Crippen molar-refractivity contribution in [2.24, 2.45) is 0 Å². The van der Waals surface area contributed by atoms with Crippen molar-refractivity contribution in [3.8, 4) is 0 Å². The zero-order valence-corrected chi connectivity index (χ0v) is 12.9. The van der Waals surface area contributed by atoms with E-state index in [1.807, 2.05) is 0 Å². The van der Waals surface area contributed by atoms with Gasteiger partial charge in [0.1, 0.15) is 4.90 Å². The lowest BCUT2D eigenvalue weighted by atomic mass is 10.2. The molecule has 0 atom stereocenters. The molecule has 20 heavy (non-hydrogen) atoms. The second-order valence-electron chi connectivity index (χ2n) is 4.46. The van der Waals surface area contributed by atoms with Crippen LogP contribution in [0.1, 0.15) is 23.2 Å². The lowest BCUT2D eigenvalue weighted by Gasteiger charge is -2.22. The van der Waals surface area contributed by atoms with Gasteiger partial charge in [0.2, 0.25) is 10.0 Å². The van der Waals surface area contributed by atoms with Crippen LogP contribution in [0.2, 0.25) is 5.02 Å². The normalized spacial score (nSPS) is 17.1. The fourth-order valence-corrected chi connectivity index (χ4v) is 4.88. The summed E-state index contributed by atoms with van der Waals surface area (Å²) in [6.45, 7) is 0. The summed E-state index contributed by atoms with van der Waals surface area (Å²) in [4.78, 5) is 10.7. The molecule has 1 aliphatic heterocycles. The molecule has 2 N–H and O–H groups in total. The quantitative estimate of drug-likeness (QED) is 0.881. The molecule has 0 spiro atoms. The van der Waals surface area contributed by atoms with E-state index in [9.17, 15) is 13.2 Å². The van der Waals surface area contributed by atoms with Gasteiger partial charge in [-0.05, 0) is 42.5 Å². The number of hydrogen-bond donors (Lipinski definition) is 2. The summed E-state index contributed by atoms with van der Waals surface area (Å²) >= 11 is 7.68. The van der Waals surface area contributed by atoms with Crippen molar-refractivity contribution < 1.29 is 18.3 Å². The van der Waals surface area contributed by atoms with E-state index in [-0.39, 0.29) is 21.5 Å². The molecule has 8 heteroatoms. The third-order valence-corrected chi connectivity index (χ3v) is 6.06. The van der Waals surface area contributed by atoms with E-state index in [0.29, 0.717) is 0 Å². The van der Waals surface area contributed by atoms with Crippen LogP contribution in [0.4, 0.5) is 0 Å². The van der Waals surface area contributed by atoms with Crippen LogP contribution < -0.4 is 4.72 Å². The molecule has 0 aromatic heterocycles. The number of thioether (sulfide) groups is 1. The van der Waals surface area contributed by atoms with Crippen molar-refractivity contribution in [3.05, 3.63) is 28.8 Å². The van der Waals surface area contributed by atoms with Crippen molar-refractivity contribution in [1.29, 1.82) is 0 Å². The SMILES string of the molecule is O=C(O)c1ccc(Cl)c(S(=O)(=O)NC2CCSCC2)c1. The van der Waals surface area contributed by atoms with E-state index in [1.54, 1.807) is 11.8 Å². The number of hydrogen-bond acceptors (Lipinski definition) is 4. The number of nitrogens with one attached hydrogen (secondary N) is 1. The van der Waals surface area contributed by atoms with Crippen LogP contribution in [0.15, 0.2) is 23.1 Å². The fourth-order valence-electron chi connectivity index (χ4n) is 1.94. The van der Waals surface area contributed by atoms with Crippen molar-refractivity contribution >= 4 is 39.4 Å². The maximum Gasteiger partial charge on any atom is 0.335 e. The molecule has 110 valence electrons. The van der Waals surface area contributed by atoms with Crippen LogP contribution >= 0.6 is 23.4 Å². The monoisotopic (exact) mass is 335 g/mol. The molecule has 1 heterocycles. The first kappa shape index (κ1) is 15.6. The highest BCUT2D eigenvalue weighted by Gasteiger charge is 2.24. The zero-order valence-electron chi connectivity index (χ0n) is 10.5. The average Bonchev–Trinajstić information content (AvgIpc) is 2.39. The zero-order chi connectivity index (χ0) is 14.8. The highest BCUT2D eigenvalue weighted by atomic mass is 35.5. The second kappa shape index (κ2) is 6.34. The highest BCUT2D eigenvalue weighted by molar-refractivity contribution is 7.99. The van der Waals surface area contributed by atoms with Gasteiger partial charge in [-0.2, -0.15) is 11.8 Å². The summed E-state index contributed by atoms with van der Waals surface area (Å²) in [5.41, 5.74) is -0.103. The molecule has 2 rings (SSSR count). The largest absolute Gasteiger partial charge is 0.478 e. The van der Waals surface area contributed by atoms with Crippen molar-refractivity contribution in [2.45, 2.75) is 23.8 Å². The third kappa shape index (κ3) is 3.66. The lowest BCUT2D eigenvalue weighted by Crippen LogP contribution is -2.37. The maximum atomic E-state index is 12.3. The number of aromatic carboxylic acids is 1. The van der Waals surface area contributed by atoms with Crippen LogP contribution in [0.3, 0.4) is 0 Å². The van der Waals surface area contributed by atoms with E-state index in [2.05, 4.69) is 4.72 Å². The topological polar surface area (TPSA) is 83.5 Å². The van der Waals surface area contributed by atoms with Gasteiger partial charge in [0.25, 0.3) is 0 Å². The second-order valence-corrected chi connectivity index (χ2v) is 7.77. The Morgan fingerprint density at radius 1 is 1.35 bits per heavy atom. The molecule has 0 aliphatic carbocycles. The molecule has 1 aliphatic rings. The Morgan fingerprint density at radius 2 is 2.00 bits per heavy atom. The molecule has 0 saturated carbocycles. The van der Waals surface area contributed by atoms with Gasteiger partial charge >= 0.3 is 5.97 Å². The average molecular weight is 336 g/mol. The first-order valence-corrected chi connectivity index (χ1v) is 9.04. The maximum absolute atomic E-state index is 12.3. The molecule has 1 fully saturated rings. The fraction of sp³-hybridized carbons (Fsp3) is 0.417. The summed E-state index contributed by atoms with van der Waals surface area (Å²) in [7, 11) is -3.80. The summed E-state index contributed by atoms with van der Waals surface area (Å²) in [6.07, 6.45) is 1.53. The van der Waals surface area contributed by atoms with Crippen molar-refractivity contribution in [1.82, 2.24) is 4.72 Å². The lowest BCUT2D eigenvalue weighted by molar-refractivity contribution is 0.0696. The molecule has 1 aromatic rings. The van der Waals surface area contributed by atoms with Crippen LogP contribution in [0.5, 0.6) is 0 Å². The van der Waals surface area contributed by atoms with Gasteiger partial charge in [-0.15, -0.1) is 0 Å². The summed E-state index contributed by atoms with van der Waals surface area (Å²) in [6, 6.07) is 3.53. The summed E-state index contributed by atoms with van der Waals surface area (Å²) < 4.78 is 27.2. The number of benzene rings is 1. The van der Waals surface area contributed by atoms with Gasteiger partial charge in [0, 0.05) is 6.04 Å². The van der Waals surface area contributed by atoms with Gasteiger partial charge in [0.05, 0.1) is 10.6 Å². The van der Waals surface area contributed by atoms with Gasteiger partial charge in [-0.25, -0.2) is 17.9 Å². The minimum absolute atomic E-state index is 0.0210. The third-order valence-electron chi connectivity index (χ3n) is 3.01. The van der Waals surface area contributed by atoms with Crippen molar-refractivity contribution in [2.75, 3.05) is 11.5 Å². The Bertz CT molecular complexity index is 612. The summed E-state index contributed by atoms with van der Waals surface area (Å²) in [5.74, 6) is 0.638. The number of carbonyl (C=O) groups is 1. The van der Waals surface area contributed by atoms with E-state index in [0.717, 1.165) is 30.4 Å². The summed E-state index contributed by atoms with van der Waals surface area (Å²) in [5, 5.41) is 8.95. The van der Waals surface area contributed by atoms with Gasteiger partial charge in [-0.1, -0.05) is 11.6 Å². The molecule has 5 nitrogen and oxygen atoms in total. The van der Waals surface area contributed by atoms with E-state index < -0.39 is 16.0 Å². The molecule has 1 aromatic carbocycles. The minimum Gasteiger partial charge on any atom is -0.478 e. The first-order chi connectivity index (χ1) is 9.40. The molecular formula is C12H14ClNO4S2. The smallest absolute Gasteiger partial charge is 0.335 e. The van der Waals surface area contributed by atoms with E-state index >= 15 is 0 Å². The number of carboxylic acids is 1. The predicted octanol–water partition coefficient (Wildman–Crippen LogP) is 2.21. The predicted molar refractivity (Wildman–Crippen MR) is 79.1 cm³/mol. The highest BCUT2D eigenvalue weighted by Crippen LogP contribution is 2.25. The number of halogens is 1. The number of sulfonamides is 1. The van der Waals surface area contributed by atoms with Gasteiger partial charge in [-0.3, -0.25) is 0 Å². The molecule has 0 unspecified atom stereocenters. The Morgan fingerprint density at radius 3 is 2.60 bits per heavy atom. The van der Waals surface area contributed by atoms with Crippen LogP contribution in [0.25, 0.3) is 0 Å². The van der Waals surface area contributed by atoms with Crippen LogP contribution in [-0.2, 0) is 10.0 Å². The van der Waals surface area contributed by atoms with Crippen LogP contribution in [0, 0.1) is 0 Å². The van der Waals surface area contributed by atoms with E-state index in [4.69, 9.17) is 16.7 Å². The standard InChI is InChI=1S/C12H14ClNO4S2/c13-10-2-1-8(12(15)16)7-11(10)20(17,18)14-9-3-5-19-6-4-9/h1-2,7,9,14H,3-6H2,(H,15,16). The molecule has 0 amide bonds. The Labute approximate surface area is 126 Å². The molecule has 0 bridgehead atoms. The molecule has 1 saturated heterocycles. The van der Waals surface area contributed by atoms with Crippen molar-refractivity contribution in [3.63, 3.8) is 0 Å². The van der Waals surface area contributed by atoms with E-state index in [1.165, 1.54) is 12.1 Å². The van der Waals surface area contributed by atoms with Gasteiger partial charge in [0.15, 0.2) is 0 Å². The Kier molecular flexibility index (Phi) is 4.95. The number of rotatable bonds is 4. The van der Waals surface area contributed by atoms with Gasteiger partial charge < -0.3 is 5.11 Å².